The molecule has 6 heteroatoms. The van der Waals surface area contributed by atoms with E-state index in [9.17, 15) is 14.4 Å². The minimum atomic E-state index is -0.765. The van der Waals surface area contributed by atoms with Gasteiger partial charge in [0.25, 0.3) is 11.8 Å². The number of amides is 4. The molecule has 1 saturated heterocycles. The van der Waals surface area contributed by atoms with Crippen molar-refractivity contribution in [2.75, 3.05) is 4.90 Å². The molecule has 114 valence electrons. The number of barbiturate groups is 1. The monoisotopic (exact) mass is 308 g/mol. The third-order valence-electron chi connectivity index (χ3n) is 3.18. The molecular formula is C17H12N2O4. The van der Waals surface area contributed by atoms with E-state index >= 15 is 0 Å². The number of hydrogen-bond donors (Lipinski definition) is 1. The van der Waals surface area contributed by atoms with Gasteiger partial charge in [-0.1, -0.05) is 24.3 Å². The highest BCUT2D eigenvalue weighted by Crippen LogP contribution is 2.20. The first-order chi connectivity index (χ1) is 11.2. The second-order valence-corrected chi connectivity index (χ2v) is 4.69. The lowest BCUT2D eigenvalue weighted by molar-refractivity contribution is -0.122. The molecular weight excluding hydrogens is 296 g/mol. The number of para-hydroxylation sites is 1. The Morgan fingerprint density at radius 1 is 1.00 bits per heavy atom. The number of nitrogens with zero attached hydrogens (tertiary/aromatic N) is 1. The van der Waals surface area contributed by atoms with E-state index in [1.807, 2.05) is 0 Å². The summed E-state index contributed by atoms with van der Waals surface area (Å²) in [6.07, 6.45) is 5.99. The Labute approximate surface area is 131 Å². The van der Waals surface area contributed by atoms with Crippen LogP contribution in [0.1, 0.15) is 5.76 Å². The highest BCUT2D eigenvalue weighted by atomic mass is 16.3. The van der Waals surface area contributed by atoms with Gasteiger partial charge in [0, 0.05) is 0 Å². The van der Waals surface area contributed by atoms with Crippen molar-refractivity contribution in [1.29, 1.82) is 0 Å². The molecule has 0 saturated carbocycles. The second kappa shape index (κ2) is 6.15. The molecule has 0 unspecified atom stereocenters. The number of hydrogen-bond acceptors (Lipinski definition) is 4. The summed E-state index contributed by atoms with van der Waals surface area (Å²) in [5.74, 6) is -0.813. The molecule has 1 fully saturated rings. The topological polar surface area (TPSA) is 79.6 Å². The van der Waals surface area contributed by atoms with E-state index in [-0.39, 0.29) is 5.57 Å². The van der Waals surface area contributed by atoms with E-state index < -0.39 is 17.8 Å². The van der Waals surface area contributed by atoms with Gasteiger partial charge in [0.15, 0.2) is 0 Å². The van der Waals surface area contributed by atoms with Crippen LogP contribution in [0, 0.1) is 0 Å². The summed E-state index contributed by atoms with van der Waals surface area (Å²) in [5.41, 5.74) is 0.264. The SMILES string of the molecule is O=C1NC(=O)N(c2ccccc2)C(=O)/C1=C\C=C\c1ccco1. The Morgan fingerprint density at radius 2 is 1.78 bits per heavy atom. The highest BCUT2D eigenvalue weighted by molar-refractivity contribution is 6.37. The van der Waals surface area contributed by atoms with Crippen LogP contribution < -0.4 is 10.2 Å². The van der Waals surface area contributed by atoms with Crippen LogP contribution >= 0.6 is 0 Å². The molecule has 1 aliphatic heterocycles. The zero-order valence-electron chi connectivity index (χ0n) is 11.9. The van der Waals surface area contributed by atoms with Crippen LogP contribution in [0.15, 0.2) is 70.9 Å². The zero-order chi connectivity index (χ0) is 16.2. The Morgan fingerprint density at radius 3 is 2.48 bits per heavy atom. The van der Waals surface area contributed by atoms with Crippen LogP contribution in [0.4, 0.5) is 10.5 Å². The molecule has 0 atom stereocenters. The molecule has 1 aromatic heterocycles. The smallest absolute Gasteiger partial charge is 0.335 e. The number of furan rings is 1. The van der Waals surface area contributed by atoms with Gasteiger partial charge in [-0.2, -0.15) is 0 Å². The van der Waals surface area contributed by atoms with Crippen LogP contribution in [0.3, 0.4) is 0 Å². The molecule has 1 aromatic carbocycles. The van der Waals surface area contributed by atoms with Gasteiger partial charge in [0.05, 0.1) is 12.0 Å². The summed E-state index contributed by atoms with van der Waals surface area (Å²) in [7, 11) is 0. The Bertz CT molecular complexity index is 804. The van der Waals surface area contributed by atoms with E-state index in [2.05, 4.69) is 5.32 Å². The van der Waals surface area contributed by atoms with Gasteiger partial charge < -0.3 is 4.42 Å². The van der Waals surface area contributed by atoms with Crippen LogP contribution in [0.2, 0.25) is 0 Å². The molecule has 1 aliphatic rings. The zero-order valence-corrected chi connectivity index (χ0v) is 11.9. The predicted octanol–water partition coefficient (Wildman–Crippen LogP) is 2.50. The average molecular weight is 308 g/mol. The summed E-state index contributed by atoms with van der Waals surface area (Å²) in [4.78, 5) is 37.2. The van der Waals surface area contributed by atoms with E-state index in [4.69, 9.17) is 4.42 Å². The van der Waals surface area contributed by atoms with E-state index in [1.165, 1.54) is 18.4 Å². The number of carbonyl (C=O) groups excluding carboxylic acids is 3. The molecule has 23 heavy (non-hydrogen) atoms. The first-order valence-corrected chi connectivity index (χ1v) is 6.83. The van der Waals surface area contributed by atoms with Crippen molar-refractivity contribution in [2.24, 2.45) is 0 Å². The molecule has 2 aromatic rings. The van der Waals surface area contributed by atoms with Gasteiger partial charge in [-0.05, 0) is 36.4 Å². The van der Waals surface area contributed by atoms with Gasteiger partial charge in [0.2, 0.25) is 0 Å². The molecule has 0 aliphatic carbocycles. The van der Waals surface area contributed by atoms with E-state index in [1.54, 1.807) is 48.5 Å². The minimum Gasteiger partial charge on any atom is -0.465 e. The second-order valence-electron chi connectivity index (χ2n) is 4.69. The van der Waals surface area contributed by atoms with Crippen molar-refractivity contribution < 1.29 is 18.8 Å². The first-order valence-electron chi connectivity index (χ1n) is 6.83. The fraction of sp³-hybridized carbons (Fsp3) is 0. The van der Waals surface area contributed by atoms with Crippen molar-refractivity contribution in [3.63, 3.8) is 0 Å². The van der Waals surface area contributed by atoms with Gasteiger partial charge in [-0.15, -0.1) is 0 Å². The quantitative estimate of drug-likeness (QED) is 0.698. The fourth-order valence-electron chi connectivity index (χ4n) is 2.11. The highest BCUT2D eigenvalue weighted by Gasteiger charge is 2.36. The van der Waals surface area contributed by atoms with E-state index in [0.717, 1.165) is 4.90 Å². The van der Waals surface area contributed by atoms with Gasteiger partial charge in [-0.3, -0.25) is 14.9 Å². The lowest BCUT2D eigenvalue weighted by atomic mass is 10.1. The number of nitrogens with one attached hydrogen (secondary N) is 1. The van der Waals surface area contributed by atoms with E-state index in [0.29, 0.717) is 11.4 Å². The summed E-state index contributed by atoms with van der Waals surface area (Å²) < 4.78 is 5.12. The van der Waals surface area contributed by atoms with Crippen LogP contribution in [0.5, 0.6) is 0 Å². The van der Waals surface area contributed by atoms with Gasteiger partial charge >= 0.3 is 6.03 Å². The van der Waals surface area contributed by atoms with Crippen molar-refractivity contribution in [2.45, 2.75) is 0 Å². The maximum Gasteiger partial charge on any atom is 0.335 e. The number of benzene rings is 1. The lowest BCUT2D eigenvalue weighted by Crippen LogP contribution is -2.54. The Balaban J connectivity index is 1.89. The molecule has 6 nitrogen and oxygen atoms in total. The maximum atomic E-state index is 12.5. The average Bonchev–Trinajstić information content (AvgIpc) is 3.04. The summed E-state index contributed by atoms with van der Waals surface area (Å²) in [6, 6.07) is 11.1. The summed E-state index contributed by atoms with van der Waals surface area (Å²) >= 11 is 0. The van der Waals surface area contributed by atoms with Crippen LogP contribution in [-0.4, -0.2) is 17.8 Å². The standard InChI is InChI=1S/C17H12N2O4/c20-15-14(10-4-8-13-9-5-11-23-13)16(21)19(17(22)18-15)12-6-2-1-3-7-12/h1-11H,(H,18,20,22)/b8-4+,14-10-. The van der Waals surface area contributed by atoms with Crippen molar-refractivity contribution in [1.82, 2.24) is 5.32 Å². The van der Waals surface area contributed by atoms with Gasteiger partial charge in [0.1, 0.15) is 11.3 Å². The Kier molecular flexibility index (Phi) is 3.88. The minimum absolute atomic E-state index is 0.128. The molecule has 1 N–H and O–H groups in total. The number of allylic oxidation sites excluding steroid dienone is 2. The normalized spacial score (nSPS) is 17.1. The molecule has 0 spiro atoms. The Hall–Kier alpha value is -3.41. The molecule has 3 rings (SSSR count). The lowest BCUT2D eigenvalue weighted by Gasteiger charge is -2.26. The molecule has 0 radical (unpaired) electrons. The van der Waals surface area contributed by atoms with Crippen molar-refractivity contribution in [3.05, 3.63) is 72.2 Å². The van der Waals surface area contributed by atoms with Crippen LogP contribution in [-0.2, 0) is 9.59 Å². The third-order valence-corrected chi connectivity index (χ3v) is 3.18. The summed E-state index contributed by atoms with van der Waals surface area (Å²) in [5, 5.41) is 2.15. The van der Waals surface area contributed by atoms with Crippen molar-refractivity contribution in [3.8, 4) is 0 Å². The van der Waals surface area contributed by atoms with Crippen LogP contribution in [0.25, 0.3) is 6.08 Å². The third kappa shape index (κ3) is 2.96. The van der Waals surface area contributed by atoms with Crippen molar-refractivity contribution >= 4 is 29.6 Å². The number of urea groups is 1. The number of carbonyl (C=O) groups is 3. The number of rotatable bonds is 3. The first kappa shape index (κ1) is 14.5. The molecule has 4 amide bonds. The predicted molar refractivity (Wildman–Crippen MR) is 83.3 cm³/mol. The fourth-order valence-corrected chi connectivity index (χ4v) is 2.11. The molecule has 2 heterocycles. The molecule has 0 bridgehead atoms. The largest absolute Gasteiger partial charge is 0.465 e. The number of imide groups is 2. The summed E-state index contributed by atoms with van der Waals surface area (Å²) in [6.45, 7) is 0. The van der Waals surface area contributed by atoms with Gasteiger partial charge in [-0.25, -0.2) is 9.69 Å². The number of anilines is 1. The maximum absolute atomic E-state index is 12.5.